The fourth-order valence-corrected chi connectivity index (χ4v) is 6.98. The van der Waals surface area contributed by atoms with Crippen molar-refractivity contribution in [1.29, 1.82) is 0 Å². The minimum absolute atomic E-state index is 0.106. The Kier molecular flexibility index (Phi) is 7.61. The summed E-state index contributed by atoms with van der Waals surface area (Å²) >= 11 is 0. The van der Waals surface area contributed by atoms with Gasteiger partial charge in [0.15, 0.2) is 0 Å². The van der Waals surface area contributed by atoms with Crippen molar-refractivity contribution < 1.29 is 19.8 Å². The molecule has 1 saturated heterocycles. The lowest BCUT2D eigenvalue weighted by Crippen LogP contribution is -2.62. The zero-order valence-electron chi connectivity index (χ0n) is 22.7. The van der Waals surface area contributed by atoms with E-state index >= 15 is 0 Å². The maximum atomic E-state index is 13.8. The molecule has 0 radical (unpaired) electrons. The van der Waals surface area contributed by atoms with E-state index in [0.717, 1.165) is 17.5 Å². The summed E-state index contributed by atoms with van der Waals surface area (Å²) in [5, 5.41) is 25.6. The Morgan fingerprint density at radius 3 is 2.71 bits per heavy atom. The Morgan fingerprint density at radius 2 is 2.05 bits per heavy atom. The van der Waals surface area contributed by atoms with Gasteiger partial charge in [-0.05, 0) is 78.7 Å². The van der Waals surface area contributed by atoms with E-state index in [2.05, 4.69) is 42.9 Å². The Hall–Kier alpha value is -2.76. The molecule has 4 aliphatic rings. The normalized spacial score (nSPS) is 32.5. The second-order valence-corrected chi connectivity index (χ2v) is 11.9. The summed E-state index contributed by atoms with van der Waals surface area (Å²) in [7, 11) is 0. The van der Waals surface area contributed by atoms with E-state index in [1.165, 1.54) is 6.42 Å². The molecular weight excluding hydrogens is 478 g/mol. The maximum absolute atomic E-state index is 13.8. The predicted molar refractivity (Wildman–Crippen MR) is 144 cm³/mol. The van der Waals surface area contributed by atoms with E-state index in [9.17, 15) is 15.0 Å². The zero-order chi connectivity index (χ0) is 27.0. The van der Waals surface area contributed by atoms with Crippen LogP contribution in [0.4, 0.5) is 0 Å². The number of benzene rings is 1. The number of rotatable bonds is 6. The van der Waals surface area contributed by atoms with Crippen LogP contribution in [0.3, 0.4) is 0 Å². The fraction of sp³-hybridized carbons (Fsp3) is 0.548. The van der Waals surface area contributed by atoms with Gasteiger partial charge in [-0.2, -0.15) is 5.06 Å². The molecule has 2 heterocycles. The van der Waals surface area contributed by atoms with Gasteiger partial charge >= 0.3 is 0 Å². The molecule has 2 bridgehead atoms. The van der Waals surface area contributed by atoms with Crippen molar-refractivity contribution in [2.75, 3.05) is 6.61 Å². The molecule has 2 unspecified atom stereocenters. The van der Waals surface area contributed by atoms with Crippen molar-refractivity contribution in [1.82, 2.24) is 15.4 Å². The lowest BCUT2D eigenvalue weighted by molar-refractivity contribution is -0.183. The molecule has 7 nitrogen and oxygen atoms in total. The Balaban J connectivity index is 1.34. The third-order valence-corrected chi connectivity index (χ3v) is 9.33. The maximum Gasteiger partial charge on any atom is 0.240 e. The summed E-state index contributed by atoms with van der Waals surface area (Å²) in [4.78, 5) is 24.1. The minimum Gasteiger partial charge on any atom is -0.394 e. The summed E-state index contributed by atoms with van der Waals surface area (Å²) in [6, 6.07) is 12.8. The van der Waals surface area contributed by atoms with Crippen LogP contribution in [0, 0.1) is 40.9 Å². The lowest BCUT2D eigenvalue weighted by Gasteiger charge is -2.62. The molecule has 3 aliphatic carbocycles. The average Bonchev–Trinajstić information content (AvgIpc) is 3.27. The minimum atomic E-state index is -0.820. The summed E-state index contributed by atoms with van der Waals surface area (Å²) in [6.07, 6.45) is 2.45. The number of pyridine rings is 1. The largest absolute Gasteiger partial charge is 0.394 e. The van der Waals surface area contributed by atoms with Gasteiger partial charge in [-0.3, -0.25) is 9.63 Å². The molecule has 3 saturated carbocycles. The topological polar surface area (TPSA) is 94.9 Å². The van der Waals surface area contributed by atoms with Gasteiger partial charge in [0.2, 0.25) is 5.91 Å². The number of aromatic nitrogens is 1. The van der Waals surface area contributed by atoms with E-state index in [0.29, 0.717) is 35.4 Å². The zero-order valence-corrected chi connectivity index (χ0v) is 22.7. The quantitative estimate of drug-likeness (QED) is 0.510. The molecule has 2 aromatic rings. The molecule has 7 heteroatoms. The Labute approximate surface area is 225 Å². The van der Waals surface area contributed by atoms with Crippen molar-refractivity contribution in [2.45, 2.75) is 71.4 Å². The Bertz CT molecular complexity index is 1200. The average molecular weight is 518 g/mol. The molecule has 4 fully saturated rings. The number of amides is 1. The molecule has 1 aromatic carbocycles. The highest BCUT2D eigenvalue weighted by Crippen LogP contribution is 2.61. The molecule has 8 atom stereocenters. The molecular formula is C31H39N3O4. The van der Waals surface area contributed by atoms with E-state index in [-0.39, 0.29) is 18.6 Å². The van der Waals surface area contributed by atoms with Crippen molar-refractivity contribution in [3.05, 3.63) is 65.5 Å². The van der Waals surface area contributed by atoms with Crippen molar-refractivity contribution in [3.8, 4) is 11.8 Å². The Morgan fingerprint density at radius 1 is 1.24 bits per heavy atom. The van der Waals surface area contributed by atoms with Crippen molar-refractivity contribution in [3.63, 3.8) is 0 Å². The van der Waals surface area contributed by atoms with E-state index in [1.807, 2.05) is 42.5 Å². The van der Waals surface area contributed by atoms with Gasteiger partial charge in [0.05, 0.1) is 19.3 Å². The van der Waals surface area contributed by atoms with Crippen molar-refractivity contribution in [2.24, 2.45) is 29.1 Å². The first kappa shape index (κ1) is 26.8. The van der Waals surface area contributed by atoms with Crippen LogP contribution in [-0.2, 0) is 16.2 Å². The van der Waals surface area contributed by atoms with Gasteiger partial charge in [0.1, 0.15) is 17.8 Å². The number of hydrogen-bond acceptors (Lipinski definition) is 6. The van der Waals surface area contributed by atoms with Crippen LogP contribution in [-0.4, -0.2) is 57.1 Å². The van der Waals surface area contributed by atoms with Crippen LogP contribution in [0.5, 0.6) is 0 Å². The number of carbonyl (C=O) groups excluding carboxylic acids is 1. The summed E-state index contributed by atoms with van der Waals surface area (Å²) in [6.45, 7) is 8.65. The summed E-state index contributed by atoms with van der Waals surface area (Å²) in [5.41, 5.74) is 2.78. The van der Waals surface area contributed by atoms with Crippen LogP contribution in [0.2, 0.25) is 0 Å². The molecule has 202 valence electrons. The van der Waals surface area contributed by atoms with Gasteiger partial charge in [-0.25, -0.2) is 4.98 Å². The highest BCUT2D eigenvalue weighted by molar-refractivity contribution is 5.82. The highest BCUT2D eigenvalue weighted by atomic mass is 16.7. The second-order valence-electron chi connectivity index (χ2n) is 11.9. The number of aliphatic hydroxyl groups excluding tert-OH is 2. The second kappa shape index (κ2) is 10.8. The number of carbonyl (C=O) groups is 1. The standard InChI is InChI=1S/C31H39N3O4/c1-19-25-15-23(31(25,3)4)16-26(19)33-30(37)29-28(20(2)36)27(18-35)38-34(29)17-22-9-7-8-21(14-22)11-12-24-10-5-6-13-32-24/h5-10,13-14,19-20,23,25-29,35-36H,15-18H2,1-4H3,(H,33,37)/t19-,20+,23?,25?,26+,27+,28-,29+/m1/s1. The van der Waals surface area contributed by atoms with E-state index in [4.69, 9.17) is 4.84 Å². The van der Waals surface area contributed by atoms with Gasteiger partial charge < -0.3 is 15.5 Å². The number of fused-ring (bicyclic) bond motifs is 2. The van der Waals surface area contributed by atoms with E-state index in [1.54, 1.807) is 18.2 Å². The lowest BCUT2D eigenvalue weighted by atomic mass is 9.45. The third kappa shape index (κ3) is 5.11. The van der Waals surface area contributed by atoms with Crippen LogP contribution >= 0.6 is 0 Å². The molecule has 1 aromatic heterocycles. The number of hydroxylamine groups is 2. The monoisotopic (exact) mass is 517 g/mol. The molecule has 38 heavy (non-hydrogen) atoms. The van der Waals surface area contributed by atoms with Gasteiger partial charge in [0.25, 0.3) is 0 Å². The molecule has 1 amide bonds. The number of nitrogens with one attached hydrogen (secondary N) is 1. The highest BCUT2D eigenvalue weighted by Gasteiger charge is 2.57. The van der Waals surface area contributed by atoms with Gasteiger partial charge in [0, 0.05) is 23.7 Å². The first-order chi connectivity index (χ1) is 18.2. The number of hydrogen-bond donors (Lipinski definition) is 3. The number of aliphatic hydroxyl groups is 2. The van der Waals surface area contributed by atoms with Gasteiger partial charge in [-0.1, -0.05) is 44.9 Å². The van der Waals surface area contributed by atoms with Crippen LogP contribution in [0.1, 0.15) is 57.4 Å². The van der Waals surface area contributed by atoms with Gasteiger partial charge in [-0.15, -0.1) is 0 Å². The van der Waals surface area contributed by atoms with Crippen molar-refractivity contribution >= 4 is 5.91 Å². The summed E-state index contributed by atoms with van der Waals surface area (Å²) in [5.74, 6) is 7.15. The summed E-state index contributed by atoms with van der Waals surface area (Å²) < 4.78 is 0. The molecule has 3 N–H and O–H groups in total. The molecule has 6 rings (SSSR count). The van der Waals surface area contributed by atoms with Crippen LogP contribution < -0.4 is 5.32 Å². The van der Waals surface area contributed by atoms with Crippen LogP contribution in [0.25, 0.3) is 0 Å². The third-order valence-electron chi connectivity index (χ3n) is 9.33. The van der Waals surface area contributed by atoms with Crippen LogP contribution in [0.15, 0.2) is 48.7 Å². The fourth-order valence-electron chi connectivity index (χ4n) is 6.98. The smallest absolute Gasteiger partial charge is 0.240 e. The first-order valence-electron chi connectivity index (χ1n) is 13.7. The molecule has 1 aliphatic heterocycles. The first-order valence-corrected chi connectivity index (χ1v) is 13.7. The number of nitrogens with zero attached hydrogens (tertiary/aromatic N) is 2. The SMILES string of the molecule is C[C@H](O)[C@@H]1[C@H](CO)ON(Cc2cccc(C#Cc3ccccn3)c2)[C@@H]1C(=O)N[C@H]1CC2CC([C@H]1C)C2(C)C. The van der Waals surface area contributed by atoms with E-state index < -0.39 is 24.2 Å². The predicted octanol–water partition coefficient (Wildman–Crippen LogP) is 3.14. The molecule has 0 spiro atoms.